The van der Waals surface area contributed by atoms with Crippen LogP contribution in [0.15, 0.2) is 0 Å². The van der Waals surface area contributed by atoms with Gasteiger partial charge in [-0.3, -0.25) is 9.59 Å². The maximum absolute atomic E-state index is 11.5. The summed E-state index contributed by atoms with van der Waals surface area (Å²) in [4.78, 5) is 22.8. The lowest BCUT2D eigenvalue weighted by molar-refractivity contribution is -0.123. The van der Waals surface area contributed by atoms with E-state index in [0.29, 0.717) is 32.0 Å². The van der Waals surface area contributed by atoms with E-state index in [0.717, 1.165) is 25.7 Å². The molecule has 0 aromatic rings. The molecule has 1 aliphatic rings. The molecule has 0 radical (unpaired) electrons. The molecule has 4 N–H and O–H groups in total. The first-order valence-electron chi connectivity index (χ1n) is 6.88. The van der Waals surface area contributed by atoms with Crippen molar-refractivity contribution >= 4 is 11.8 Å². The van der Waals surface area contributed by atoms with Gasteiger partial charge in [0.1, 0.15) is 0 Å². The molecular weight excluding hydrogens is 230 g/mol. The molecule has 5 nitrogen and oxygen atoms in total. The molecule has 0 heterocycles. The fourth-order valence-corrected chi connectivity index (χ4v) is 1.77. The molecule has 0 aromatic carbocycles. The molecule has 1 fully saturated rings. The largest absolute Gasteiger partial charge is 0.354 e. The molecule has 0 bridgehead atoms. The average molecular weight is 255 g/mol. The Hall–Kier alpha value is -1.10. The molecule has 0 spiro atoms. The minimum atomic E-state index is 0.0551. The van der Waals surface area contributed by atoms with Gasteiger partial charge < -0.3 is 16.4 Å². The fourth-order valence-electron chi connectivity index (χ4n) is 1.77. The summed E-state index contributed by atoms with van der Waals surface area (Å²) in [6.45, 7) is 3.83. The Kier molecular flexibility index (Phi) is 6.72. The van der Waals surface area contributed by atoms with Crippen molar-refractivity contribution in [3.63, 3.8) is 0 Å². The lowest BCUT2D eigenvalue weighted by Crippen LogP contribution is -2.35. The second kappa shape index (κ2) is 8.08. The normalized spacial score (nSPS) is 16.1. The summed E-state index contributed by atoms with van der Waals surface area (Å²) < 4.78 is 0. The SMILES string of the molecule is CC(CCN)CCC(=O)NCCNC(=O)C1CC1. The highest BCUT2D eigenvalue weighted by Gasteiger charge is 2.28. The van der Waals surface area contributed by atoms with E-state index in [1.807, 2.05) is 0 Å². The molecule has 0 saturated heterocycles. The van der Waals surface area contributed by atoms with Crippen molar-refractivity contribution in [1.29, 1.82) is 0 Å². The van der Waals surface area contributed by atoms with Crippen LogP contribution in [-0.4, -0.2) is 31.4 Å². The predicted octanol–water partition coefficient (Wildman–Crippen LogP) is 0.394. The van der Waals surface area contributed by atoms with E-state index in [-0.39, 0.29) is 17.7 Å². The molecule has 0 aliphatic heterocycles. The van der Waals surface area contributed by atoms with Crippen LogP contribution < -0.4 is 16.4 Å². The minimum absolute atomic E-state index is 0.0551. The summed E-state index contributed by atoms with van der Waals surface area (Å²) in [7, 11) is 0. The van der Waals surface area contributed by atoms with Crippen LogP contribution in [-0.2, 0) is 9.59 Å². The Bertz CT molecular complexity index is 277. The molecule has 1 atom stereocenters. The highest BCUT2D eigenvalue weighted by molar-refractivity contribution is 5.81. The second-order valence-corrected chi connectivity index (χ2v) is 5.14. The highest BCUT2D eigenvalue weighted by atomic mass is 16.2. The van der Waals surface area contributed by atoms with Crippen LogP contribution in [0.1, 0.15) is 39.0 Å². The first-order chi connectivity index (χ1) is 8.63. The summed E-state index contributed by atoms with van der Waals surface area (Å²) in [6, 6.07) is 0. The van der Waals surface area contributed by atoms with Gasteiger partial charge in [-0.1, -0.05) is 6.92 Å². The van der Waals surface area contributed by atoms with Gasteiger partial charge in [0.2, 0.25) is 11.8 Å². The fraction of sp³-hybridized carbons (Fsp3) is 0.846. The van der Waals surface area contributed by atoms with Crippen LogP contribution in [0, 0.1) is 11.8 Å². The smallest absolute Gasteiger partial charge is 0.223 e. The number of carbonyl (C=O) groups excluding carboxylic acids is 2. The Morgan fingerprint density at radius 3 is 2.50 bits per heavy atom. The van der Waals surface area contributed by atoms with Gasteiger partial charge in [-0.2, -0.15) is 0 Å². The summed E-state index contributed by atoms with van der Waals surface area (Å²) in [5, 5.41) is 5.62. The average Bonchev–Trinajstić information content (AvgIpc) is 3.16. The predicted molar refractivity (Wildman–Crippen MR) is 70.8 cm³/mol. The monoisotopic (exact) mass is 255 g/mol. The minimum Gasteiger partial charge on any atom is -0.354 e. The molecule has 1 saturated carbocycles. The number of nitrogens with two attached hydrogens (primary N) is 1. The van der Waals surface area contributed by atoms with E-state index in [1.54, 1.807) is 0 Å². The van der Waals surface area contributed by atoms with Crippen LogP contribution in [0.3, 0.4) is 0 Å². The van der Waals surface area contributed by atoms with Crippen molar-refractivity contribution < 1.29 is 9.59 Å². The number of nitrogens with one attached hydrogen (secondary N) is 2. The third kappa shape index (κ3) is 6.59. The number of hydrogen-bond acceptors (Lipinski definition) is 3. The van der Waals surface area contributed by atoms with E-state index < -0.39 is 0 Å². The summed E-state index contributed by atoms with van der Waals surface area (Å²) >= 11 is 0. The molecule has 5 heteroatoms. The first-order valence-corrected chi connectivity index (χ1v) is 6.88. The van der Waals surface area contributed by atoms with Crippen molar-refractivity contribution in [3.05, 3.63) is 0 Å². The van der Waals surface area contributed by atoms with Crippen LogP contribution >= 0.6 is 0 Å². The van der Waals surface area contributed by atoms with Gasteiger partial charge in [-0.05, 0) is 38.1 Å². The molecule has 1 rings (SSSR count). The zero-order chi connectivity index (χ0) is 13.4. The summed E-state index contributed by atoms with van der Waals surface area (Å²) in [5.41, 5.74) is 5.45. The Balaban J connectivity index is 1.94. The molecule has 1 aliphatic carbocycles. The number of hydrogen-bond donors (Lipinski definition) is 3. The van der Waals surface area contributed by atoms with Gasteiger partial charge in [0.25, 0.3) is 0 Å². The number of amides is 2. The summed E-state index contributed by atoms with van der Waals surface area (Å²) in [6.07, 6.45) is 4.40. The molecule has 1 unspecified atom stereocenters. The standard InChI is InChI=1S/C13H25N3O2/c1-10(6-7-14)2-5-12(17)15-8-9-16-13(18)11-3-4-11/h10-11H,2-9,14H2,1H3,(H,15,17)(H,16,18). The molecular formula is C13H25N3O2. The van der Waals surface area contributed by atoms with Crippen LogP contribution in [0.2, 0.25) is 0 Å². The van der Waals surface area contributed by atoms with Crippen LogP contribution in [0.25, 0.3) is 0 Å². The van der Waals surface area contributed by atoms with Crippen molar-refractivity contribution in [2.45, 2.75) is 39.0 Å². The molecule has 104 valence electrons. The van der Waals surface area contributed by atoms with E-state index in [9.17, 15) is 9.59 Å². The third-order valence-corrected chi connectivity index (χ3v) is 3.22. The lowest BCUT2D eigenvalue weighted by atomic mass is 10.0. The van der Waals surface area contributed by atoms with Gasteiger partial charge >= 0.3 is 0 Å². The highest BCUT2D eigenvalue weighted by Crippen LogP contribution is 2.28. The van der Waals surface area contributed by atoms with E-state index in [4.69, 9.17) is 5.73 Å². The summed E-state index contributed by atoms with van der Waals surface area (Å²) in [5.74, 6) is 0.911. The zero-order valence-electron chi connectivity index (χ0n) is 11.2. The lowest BCUT2D eigenvalue weighted by Gasteiger charge is -2.10. The van der Waals surface area contributed by atoms with Crippen molar-refractivity contribution in [2.24, 2.45) is 17.6 Å². The maximum Gasteiger partial charge on any atom is 0.223 e. The molecule has 0 aromatic heterocycles. The van der Waals surface area contributed by atoms with Gasteiger partial charge in [0.05, 0.1) is 0 Å². The molecule has 18 heavy (non-hydrogen) atoms. The van der Waals surface area contributed by atoms with Gasteiger partial charge in [-0.15, -0.1) is 0 Å². The second-order valence-electron chi connectivity index (χ2n) is 5.14. The van der Waals surface area contributed by atoms with E-state index in [1.165, 1.54) is 0 Å². The van der Waals surface area contributed by atoms with E-state index in [2.05, 4.69) is 17.6 Å². The number of rotatable bonds is 9. The Labute approximate surface area is 109 Å². The van der Waals surface area contributed by atoms with Crippen molar-refractivity contribution in [1.82, 2.24) is 10.6 Å². The first kappa shape index (κ1) is 15.0. The van der Waals surface area contributed by atoms with Crippen molar-refractivity contribution in [2.75, 3.05) is 19.6 Å². The quantitative estimate of drug-likeness (QED) is 0.521. The maximum atomic E-state index is 11.5. The Morgan fingerprint density at radius 2 is 1.89 bits per heavy atom. The van der Waals surface area contributed by atoms with Crippen LogP contribution in [0.4, 0.5) is 0 Å². The topological polar surface area (TPSA) is 84.2 Å². The van der Waals surface area contributed by atoms with Gasteiger partial charge in [0, 0.05) is 25.4 Å². The molecule has 2 amide bonds. The number of carbonyl (C=O) groups is 2. The Morgan fingerprint density at radius 1 is 1.22 bits per heavy atom. The third-order valence-electron chi connectivity index (χ3n) is 3.22. The van der Waals surface area contributed by atoms with Crippen LogP contribution in [0.5, 0.6) is 0 Å². The van der Waals surface area contributed by atoms with Gasteiger partial charge in [0.15, 0.2) is 0 Å². The van der Waals surface area contributed by atoms with Gasteiger partial charge in [-0.25, -0.2) is 0 Å². The van der Waals surface area contributed by atoms with Crippen molar-refractivity contribution in [3.8, 4) is 0 Å². The van der Waals surface area contributed by atoms with E-state index >= 15 is 0 Å². The zero-order valence-corrected chi connectivity index (χ0v) is 11.2.